The Hall–Kier alpha value is -1.69. The van der Waals surface area contributed by atoms with Crippen LogP contribution in [0, 0.1) is 0 Å². The van der Waals surface area contributed by atoms with Crippen molar-refractivity contribution in [1.29, 1.82) is 0 Å². The van der Waals surface area contributed by atoms with E-state index in [4.69, 9.17) is 23.2 Å². The predicted molar refractivity (Wildman–Crippen MR) is 118 cm³/mol. The first-order chi connectivity index (χ1) is 13.4. The highest BCUT2D eigenvalue weighted by atomic mass is 35.5. The number of nitrogens with one attached hydrogen (secondary N) is 1. The number of hydrogen-bond donors (Lipinski definition) is 1. The zero-order valence-corrected chi connectivity index (χ0v) is 18.3. The standard InChI is InChI=1S/C21H24Cl2N2O2S/c1-3-19(21(27)24-2)25(12-15-7-9-17(22)10-8-15)20(26)14-28-13-16-5-4-6-18(23)11-16/h4-11,19H,3,12-14H2,1-2H3,(H,24,27)/t19-/m1/s1. The SMILES string of the molecule is CC[C@H](C(=O)NC)N(Cc1ccc(Cl)cc1)C(=O)CSCc1cccc(Cl)c1. The molecular formula is C21H24Cl2N2O2S. The molecule has 1 atom stereocenters. The lowest BCUT2D eigenvalue weighted by Gasteiger charge is -2.30. The molecule has 0 heterocycles. The van der Waals surface area contributed by atoms with Crippen LogP contribution in [0.1, 0.15) is 24.5 Å². The number of carbonyl (C=O) groups is 2. The Bertz CT molecular complexity index is 799. The number of thioether (sulfide) groups is 1. The lowest BCUT2D eigenvalue weighted by molar-refractivity contribution is -0.139. The summed E-state index contributed by atoms with van der Waals surface area (Å²) in [7, 11) is 1.59. The number of benzene rings is 2. The van der Waals surface area contributed by atoms with Gasteiger partial charge in [0.2, 0.25) is 11.8 Å². The molecule has 150 valence electrons. The third kappa shape index (κ3) is 6.73. The molecule has 1 N–H and O–H groups in total. The van der Waals surface area contributed by atoms with Crippen molar-refractivity contribution in [3.63, 3.8) is 0 Å². The largest absolute Gasteiger partial charge is 0.357 e. The van der Waals surface area contributed by atoms with Gasteiger partial charge in [0.25, 0.3) is 0 Å². The van der Waals surface area contributed by atoms with Crippen molar-refractivity contribution in [3.8, 4) is 0 Å². The van der Waals surface area contributed by atoms with E-state index < -0.39 is 6.04 Å². The fourth-order valence-electron chi connectivity index (χ4n) is 2.84. The van der Waals surface area contributed by atoms with Crippen LogP contribution >= 0.6 is 35.0 Å². The molecule has 2 aromatic carbocycles. The van der Waals surface area contributed by atoms with Gasteiger partial charge in [0.05, 0.1) is 5.75 Å². The molecule has 2 amide bonds. The summed E-state index contributed by atoms with van der Waals surface area (Å²) in [6.45, 7) is 2.26. The Balaban J connectivity index is 2.08. The van der Waals surface area contributed by atoms with Crippen molar-refractivity contribution in [1.82, 2.24) is 10.2 Å². The third-order valence-corrected chi connectivity index (χ3v) is 5.76. The quantitative estimate of drug-likeness (QED) is 0.612. The molecule has 0 fully saturated rings. The number of rotatable bonds is 9. The van der Waals surface area contributed by atoms with Crippen LogP contribution in [0.25, 0.3) is 0 Å². The number of carbonyl (C=O) groups excluding carboxylic acids is 2. The number of amides is 2. The minimum absolute atomic E-state index is 0.0718. The summed E-state index contributed by atoms with van der Waals surface area (Å²) >= 11 is 13.5. The van der Waals surface area contributed by atoms with Crippen molar-refractivity contribution >= 4 is 46.8 Å². The lowest BCUT2D eigenvalue weighted by Crippen LogP contribution is -2.48. The molecule has 0 unspecified atom stereocenters. The zero-order valence-electron chi connectivity index (χ0n) is 16.0. The van der Waals surface area contributed by atoms with E-state index in [1.807, 2.05) is 43.3 Å². The van der Waals surface area contributed by atoms with Gasteiger partial charge in [-0.15, -0.1) is 11.8 Å². The Morgan fingerprint density at radius 1 is 1.07 bits per heavy atom. The van der Waals surface area contributed by atoms with Gasteiger partial charge in [0.1, 0.15) is 6.04 Å². The Labute approximate surface area is 180 Å². The van der Waals surface area contributed by atoms with E-state index in [-0.39, 0.29) is 17.6 Å². The second kappa shape index (κ2) is 11.3. The highest BCUT2D eigenvalue weighted by Gasteiger charge is 2.27. The maximum Gasteiger partial charge on any atom is 0.242 e. The Kier molecular flexibility index (Phi) is 9.16. The van der Waals surface area contributed by atoms with Crippen LogP contribution in [0.15, 0.2) is 48.5 Å². The van der Waals surface area contributed by atoms with E-state index >= 15 is 0 Å². The van der Waals surface area contributed by atoms with Crippen molar-refractivity contribution in [3.05, 3.63) is 69.7 Å². The smallest absolute Gasteiger partial charge is 0.242 e. The number of hydrogen-bond acceptors (Lipinski definition) is 3. The molecule has 0 saturated carbocycles. The van der Waals surface area contributed by atoms with Crippen LogP contribution in [0.5, 0.6) is 0 Å². The molecule has 0 spiro atoms. The van der Waals surface area contributed by atoms with Crippen molar-refractivity contribution < 1.29 is 9.59 Å². The third-order valence-electron chi connectivity index (χ3n) is 4.28. The Morgan fingerprint density at radius 2 is 1.79 bits per heavy atom. The fourth-order valence-corrected chi connectivity index (χ4v) is 4.04. The monoisotopic (exact) mass is 438 g/mol. The van der Waals surface area contributed by atoms with Crippen LogP contribution in [0.4, 0.5) is 0 Å². The molecule has 7 heteroatoms. The van der Waals surface area contributed by atoms with Crippen LogP contribution in [-0.4, -0.2) is 35.6 Å². The second-order valence-electron chi connectivity index (χ2n) is 6.31. The van der Waals surface area contributed by atoms with E-state index in [1.165, 1.54) is 11.8 Å². The second-order valence-corrected chi connectivity index (χ2v) is 8.17. The first-order valence-corrected chi connectivity index (χ1v) is 10.9. The van der Waals surface area contributed by atoms with Gasteiger partial charge in [-0.2, -0.15) is 0 Å². The summed E-state index contributed by atoms with van der Waals surface area (Å²) in [5.41, 5.74) is 1.99. The number of nitrogens with zero attached hydrogens (tertiary/aromatic N) is 1. The molecule has 0 aliphatic carbocycles. The van der Waals surface area contributed by atoms with E-state index in [0.29, 0.717) is 28.8 Å². The van der Waals surface area contributed by atoms with Crippen LogP contribution in [-0.2, 0) is 21.9 Å². The topological polar surface area (TPSA) is 49.4 Å². The van der Waals surface area contributed by atoms with Crippen LogP contribution in [0.2, 0.25) is 10.0 Å². The number of halogens is 2. The summed E-state index contributed by atoms with van der Waals surface area (Å²) < 4.78 is 0. The normalized spacial score (nSPS) is 11.7. The van der Waals surface area contributed by atoms with E-state index in [0.717, 1.165) is 11.1 Å². The fraction of sp³-hybridized carbons (Fsp3) is 0.333. The highest BCUT2D eigenvalue weighted by molar-refractivity contribution is 7.99. The predicted octanol–water partition coefficient (Wildman–Crippen LogP) is 4.78. The van der Waals surface area contributed by atoms with Crippen molar-refractivity contribution in [2.45, 2.75) is 31.7 Å². The average molecular weight is 439 g/mol. The molecule has 0 radical (unpaired) electrons. The molecule has 4 nitrogen and oxygen atoms in total. The maximum absolute atomic E-state index is 13.0. The summed E-state index contributed by atoms with van der Waals surface area (Å²) in [4.78, 5) is 26.9. The number of likely N-dealkylation sites (N-methyl/N-ethyl adjacent to an activating group) is 1. The molecule has 2 aromatic rings. The van der Waals surface area contributed by atoms with Gasteiger partial charge in [-0.25, -0.2) is 0 Å². The molecule has 28 heavy (non-hydrogen) atoms. The first-order valence-electron chi connectivity index (χ1n) is 9.02. The van der Waals surface area contributed by atoms with Gasteiger partial charge in [-0.3, -0.25) is 9.59 Å². The van der Waals surface area contributed by atoms with Gasteiger partial charge in [0, 0.05) is 29.4 Å². The van der Waals surface area contributed by atoms with Gasteiger partial charge in [0.15, 0.2) is 0 Å². The lowest BCUT2D eigenvalue weighted by atomic mass is 10.1. The van der Waals surface area contributed by atoms with Crippen LogP contribution < -0.4 is 5.32 Å². The molecule has 2 rings (SSSR count). The van der Waals surface area contributed by atoms with Gasteiger partial charge < -0.3 is 10.2 Å². The van der Waals surface area contributed by atoms with E-state index in [9.17, 15) is 9.59 Å². The average Bonchev–Trinajstić information content (AvgIpc) is 2.69. The minimum atomic E-state index is -0.514. The summed E-state index contributed by atoms with van der Waals surface area (Å²) in [5.74, 6) is 0.730. The summed E-state index contributed by atoms with van der Waals surface area (Å²) in [6, 6.07) is 14.4. The highest BCUT2D eigenvalue weighted by Crippen LogP contribution is 2.20. The molecule has 0 aliphatic rings. The zero-order chi connectivity index (χ0) is 20.5. The van der Waals surface area contributed by atoms with E-state index in [1.54, 1.807) is 24.1 Å². The van der Waals surface area contributed by atoms with Gasteiger partial charge >= 0.3 is 0 Å². The molecule has 0 saturated heterocycles. The van der Waals surface area contributed by atoms with Gasteiger partial charge in [-0.1, -0.05) is 54.4 Å². The minimum Gasteiger partial charge on any atom is -0.357 e. The summed E-state index contributed by atoms with van der Waals surface area (Å²) in [6.07, 6.45) is 0.540. The molecule has 0 aromatic heterocycles. The molecule has 0 bridgehead atoms. The first kappa shape index (κ1) is 22.6. The Morgan fingerprint density at radius 3 is 2.39 bits per heavy atom. The maximum atomic E-state index is 13.0. The van der Waals surface area contributed by atoms with Gasteiger partial charge in [-0.05, 0) is 41.8 Å². The molecule has 0 aliphatic heterocycles. The van der Waals surface area contributed by atoms with E-state index in [2.05, 4.69) is 5.32 Å². The summed E-state index contributed by atoms with van der Waals surface area (Å²) in [5, 5.41) is 3.98. The van der Waals surface area contributed by atoms with Crippen molar-refractivity contribution in [2.75, 3.05) is 12.8 Å². The van der Waals surface area contributed by atoms with Crippen LogP contribution in [0.3, 0.4) is 0 Å². The molecular weight excluding hydrogens is 415 g/mol. The van der Waals surface area contributed by atoms with Crippen molar-refractivity contribution in [2.24, 2.45) is 0 Å².